The van der Waals surface area contributed by atoms with E-state index in [1.54, 1.807) is 0 Å². The predicted octanol–water partition coefficient (Wildman–Crippen LogP) is 11.0. The molecule has 0 rings (SSSR count). The van der Waals surface area contributed by atoms with E-state index in [2.05, 4.69) is 13.8 Å². The highest BCUT2D eigenvalue weighted by atomic mass is 19.1. The molecule has 0 spiro atoms. The van der Waals surface area contributed by atoms with E-state index in [1.165, 1.54) is 128 Å². The Bertz CT molecular complexity index is 333. The zero-order valence-corrected chi connectivity index (χ0v) is 22.3. The number of aliphatic hydroxyl groups is 1. The van der Waals surface area contributed by atoms with E-state index in [9.17, 15) is 9.50 Å². The molecule has 0 fully saturated rings. The first-order chi connectivity index (χ1) is 15.7. The van der Waals surface area contributed by atoms with Crippen LogP contribution < -0.4 is 0 Å². The molecule has 0 aliphatic carbocycles. The van der Waals surface area contributed by atoms with Crippen LogP contribution in [0.1, 0.15) is 181 Å². The fraction of sp³-hybridized carbons (Fsp3) is 0.967. The van der Waals surface area contributed by atoms with E-state index in [4.69, 9.17) is 0 Å². The van der Waals surface area contributed by atoms with Gasteiger partial charge in [-0.05, 0) is 25.7 Å². The first kappa shape index (κ1) is 31.9. The highest BCUT2D eigenvalue weighted by Gasteiger charge is 2.07. The van der Waals surface area contributed by atoms with Gasteiger partial charge in [0, 0.05) is 0 Å². The lowest BCUT2D eigenvalue weighted by Gasteiger charge is -2.10. The van der Waals surface area contributed by atoms with Gasteiger partial charge in [-0.2, -0.15) is 0 Å². The Kier molecular flexibility index (Phi) is 27.0. The summed E-state index contributed by atoms with van der Waals surface area (Å²) in [5.41, 5.74) is 0. The molecule has 1 atom stereocenters. The minimum absolute atomic E-state index is 0.0788. The molecule has 0 amide bonds. The van der Waals surface area contributed by atoms with Crippen molar-refractivity contribution in [2.45, 2.75) is 187 Å². The van der Waals surface area contributed by atoms with Gasteiger partial charge in [0.2, 0.25) is 0 Å². The van der Waals surface area contributed by atoms with E-state index in [1.807, 2.05) is 0 Å². The van der Waals surface area contributed by atoms with Gasteiger partial charge in [0.1, 0.15) is 6.17 Å². The Labute approximate surface area is 202 Å². The standard InChI is InChI=1S/C30H60FO/c1-3-5-7-9-11-15-19-23-27-30(32)28-24-20-16-12-14-18-22-26-29(31)25-21-17-13-10-8-6-4-2/h30,32H,3-28H2,1-2H3. The maximum absolute atomic E-state index is 13.9. The highest BCUT2D eigenvalue weighted by Crippen LogP contribution is 2.22. The molecule has 0 heterocycles. The monoisotopic (exact) mass is 455 g/mol. The van der Waals surface area contributed by atoms with E-state index in [0.29, 0.717) is 12.8 Å². The van der Waals surface area contributed by atoms with Gasteiger partial charge in [0.25, 0.3) is 0 Å². The molecule has 32 heavy (non-hydrogen) atoms. The second-order valence-corrected chi connectivity index (χ2v) is 10.3. The molecule has 0 saturated heterocycles. The van der Waals surface area contributed by atoms with Crippen LogP contribution in [0.2, 0.25) is 0 Å². The Hall–Kier alpha value is -0.110. The second-order valence-electron chi connectivity index (χ2n) is 10.3. The van der Waals surface area contributed by atoms with Gasteiger partial charge in [-0.3, -0.25) is 0 Å². The normalized spacial score (nSPS) is 12.7. The summed E-state index contributed by atoms with van der Waals surface area (Å²) >= 11 is 0. The van der Waals surface area contributed by atoms with Gasteiger partial charge in [-0.25, -0.2) is 4.39 Å². The van der Waals surface area contributed by atoms with Crippen LogP contribution in [0, 0.1) is 6.17 Å². The SMILES string of the molecule is CCCCCCCCCCC(O)CCCCCCCCC[C](F)CCCCCCCCC. The van der Waals surface area contributed by atoms with Gasteiger partial charge < -0.3 is 5.11 Å². The lowest BCUT2D eigenvalue weighted by molar-refractivity contribution is 0.147. The van der Waals surface area contributed by atoms with Crippen molar-refractivity contribution in [3.8, 4) is 0 Å². The lowest BCUT2D eigenvalue weighted by atomic mass is 10.0. The van der Waals surface area contributed by atoms with Crippen molar-refractivity contribution in [2.24, 2.45) is 0 Å². The molecule has 1 unspecified atom stereocenters. The third-order valence-corrected chi connectivity index (χ3v) is 6.93. The van der Waals surface area contributed by atoms with Crippen molar-refractivity contribution in [3.05, 3.63) is 6.17 Å². The number of unbranched alkanes of at least 4 members (excludes halogenated alkanes) is 19. The Morgan fingerprint density at radius 2 is 0.750 bits per heavy atom. The quantitative estimate of drug-likeness (QED) is 0.122. The summed E-state index contributed by atoms with van der Waals surface area (Å²) in [6.45, 7) is 4.51. The van der Waals surface area contributed by atoms with Crippen LogP contribution in [0.4, 0.5) is 4.39 Å². The molecule has 0 aromatic rings. The van der Waals surface area contributed by atoms with Crippen LogP contribution in [-0.2, 0) is 0 Å². The number of hydrogen-bond acceptors (Lipinski definition) is 1. The van der Waals surface area contributed by atoms with Crippen LogP contribution in [0.5, 0.6) is 0 Å². The average Bonchev–Trinajstić information content (AvgIpc) is 2.79. The van der Waals surface area contributed by atoms with Gasteiger partial charge in [0.05, 0.1) is 6.10 Å². The summed E-state index contributed by atoms with van der Waals surface area (Å²) in [6, 6.07) is 0. The largest absolute Gasteiger partial charge is 0.393 e. The molecule has 1 nitrogen and oxygen atoms in total. The van der Waals surface area contributed by atoms with E-state index in [0.717, 1.165) is 25.7 Å². The number of rotatable bonds is 27. The zero-order chi connectivity index (χ0) is 23.5. The number of hydrogen-bond donors (Lipinski definition) is 1. The van der Waals surface area contributed by atoms with Crippen LogP contribution in [-0.4, -0.2) is 11.2 Å². The van der Waals surface area contributed by atoms with Crippen molar-refractivity contribution in [2.75, 3.05) is 0 Å². The Balaban J connectivity index is 3.23. The Morgan fingerprint density at radius 1 is 0.469 bits per heavy atom. The third-order valence-electron chi connectivity index (χ3n) is 6.93. The van der Waals surface area contributed by atoms with Gasteiger partial charge in [-0.15, -0.1) is 0 Å². The van der Waals surface area contributed by atoms with Crippen molar-refractivity contribution in [3.63, 3.8) is 0 Å². The summed E-state index contributed by atoms with van der Waals surface area (Å²) < 4.78 is 13.9. The van der Waals surface area contributed by atoms with Crippen molar-refractivity contribution < 1.29 is 9.50 Å². The predicted molar refractivity (Wildman–Crippen MR) is 142 cm³/mol. The molecule has 2 heteroatoms. The molecule has 1 N–H and O–H groups in total. The third kappa shape index (κ3) is 26.1. The number of aliphatic hydroxyl groups excluding tert-OH is 1. The first-order valence-corrected chi connectivity index (χ1v) is 14.9. The first-order valence-electron chi connectivity index (χ1n) is 14.9. The molecule has 1 radical (unpaired) electrons. The van der Waals surface area contributed by atoms with E-state index >= 15 is 0 Å². The maximum Gasteiger partial charge on any atom is 0.144 e. The molecule has 0 aromatic carbocycles. The highest BCUT2D eigenvalue weighted by molar-refractivity contribution is 4.75. The van der Waals surface area contributed by atoms with E-state index in [-0.39, 0.29) is 12.3 Å². The summed E-state index contributed by atoms with van der Waals surface area (Å²) in [6.07, 6.45) is 31.5. The minimum atomic E-state index is -0.0788. The van der Waals surface area contributed by atoms with Crippen molar-refractivity contribution >= 4 is 0 Å². The lowest BCUT2D eigenvalue weighted by Crippen LogP contribution is -2.05. The van der Waals surface area contributed by atoms with Crippen molar-refractivity contribution in [1.29, 1.82) is 0 Å². The molecule has 193 valence electrons. The summed E-state index contributed by atoms with van der Waals surface area (Å²) in [5, 5.41) is 10.1. The van der Waals surface area contributed by atoms with Gasteiger partial charge >= 0.3 is 0 Å². The minimum Gasteiger partial charge on any atom is -0.393 e. The Morgan fingerprint density at radius 3 is 1.09 bits per heavy atom. The zero-order valence-electron chi connectivity index (χ0n) is 22.3. The molecular formula is C30H60FO. The van der Waals surface area contributed by atoms with E-state index < -0.39 is 0 Å². The molecular weight excluding hydrogens is 395 g/mol. The fourth-order valence-electron chi connectivity index (χ4n) is 4.64. The molecule has 0 aliphatic rings. The topological polar surface area (TPSA) is 20.2 Å². The summed E-state index contributed by atoms with van der Waals surface area (Å²) in [7, 11) is 0. The average molecular weight is 456 g/mol. The maximum atomic E-state index is 13.9. The second kappa shape index (κ2) is 27.1. The van der Waals surface area contributed by atoms with Crippen LogP contribution in [0.15, 0.2) is 0 Å². The van der Waals surface area contributed by atoms with Crippen molar-refractivity contribution in [1.82, 2.24) is 0 Å². The fourth-order valence-corrected chi connectivity index (χ4v) is 4.64. The molecule has 0 aliphatic heterocycles. The number of halogens is 1. The van der Waals surface area contributed by atoms with Crippen LogP contribution in [0.3, 0.4) is 0 Å². The summed E-state index contributed by atoms with van der Waals surface area (Å²) in [4.78, 5) is 0. The molecule has 0 aromatic heterocycles. The molecule has 0 saturated carbocycles. The van der Waals surface area contributed by atoms with Crippen LogP contribution in [0.25, 0.3) is 0 Å². The smallest absolute Gasteiger partial charge is 0.144 e. The van der Waals surface area contributed by atoms with Gasteiger partial charge in [0.15, 0.2) is 0 Å². The molecule has 0 bridgehead atoms. The van der Waals surface area contributed by atoms with Gasteiger partial charge in [-0.1, -0.05) is 155 Å². The van der Waals surface area contributed by atoms with Crippen LogP contribution >= 0.6 is 0 Å². The summed E-state index contributed by atoms with van der Waals surface area (Å²) in [5.74, 6) is 0.